The zero-order valence-corrected chi connectivity index (χ0v) is 14.5. The summed E-state index contributed by atoms with van der Waals surface area (Å²) < 4.78 is 23.2. The van der Waals surface area contributed by atoms with Gasteiger partial charge in [0.25, 0.3) is 5.91 Å². The lowest BCUT2D eigenvalue weighted by molar-refractivity contribution is -0.149. The van der Waals surface area contributed by atoms with Crippen LogP contribution in [0, 0.1) is 19.7 Å². The highest BCUT2D eigenvalue weighted by molar-refractivity contribution is 6.33. The van der Waals surface area contributed by atoms with Crippen molar-refractivity contribution >= 4 is 29.2 Å². The SMILES string of the molecule is Cc1cccc(OCC(=O)OCC(=O)Nc2ccc(F)cc2Cl)c1C. The molecule has 0 fully saturated rings. The standard InChI is InChI=1S/C18H17ClFNO4/c1-11-4-3-5-16(12(11)2)24-10-18(23)25-9-17(22)21-15-7-6-13(20)8-14(15)19/h3-8H,9-10H2,1-2H3,(H,21,22). The minimum absolute atomic E-state index is 0.0536. The van der Waals surface area contributed by atoms with Gasteiger partial charge in [-0.1, -0.05) is 23.7 Å². The molecule has 0 unspecified atom stereocenters. The molecule has 0 aliphatic heterocycles. The summed E-state index contributed by atoms with van der Waals surface area (Å²) in [4.78, 5) is 23.4. The van der Waals surface area contributed by atoms with Crippen LogP contribution in [0.3, 0.4) is 0 Å². The van der Waals surface area contributed by atoms with E-state index in [0.717, 1.165) is 23.3 Å². The van der Waals surface area contributed by atoms with Gasteiger partial charge in [0, 0.05) is 0 Å². The molecule has 0 heterocycles. The van der Waals surface area contributed by atoms with Crippen LogP contribution in [0.2, 0.25) is 5.02 Å². The van der Waals surface area contributed by atoms with Gasteiger partial charge in [0.15, 0.2) is 13.2 Å². The molecule has 0 aromatic heterocycles. The molecule has 0 aliphatic carbocycles. The highest BCUT2D eigenvalue weighted by Crippen LogP contribution is 2.22. The Labute approximate surface area is 149 Å². The highest BCUT2D eigenvalue weighted by atomic mass is 35.5. The van der Waals surface area contributed by atoms with Crippen LogP contribution in [-0.4, -0.2) is 25.1 Å². The molecule has 132 valence electrons. The number of carbonyl (C=O) groups excluding carboxylic acids is 2. The van der Waals surface area contributed by atoms with Crippen molar-refractivity contribution in [3.05, 3.63) is 58.4 Å². The summed E-state index contributed by atoms with van der Waals surface area (Å²) in [5.74, 6) is -1.20. The van der Waals surface area contributed by atoms with Gasteiger partial charge in [-0.25, -0.2) is 9.18 Å². The average Bonchev–Trinajstić information content (AvgIpc) is 2.57. The second-order valence-corrected chi connectivity index (χ2v) is 5.73. The fourth-order valence-electron chi connectivity index (χ4n) is 1.98. The van der Waals surface area contributed by atoms with Crippen molar-refractivity contribution in [3.8, 4) is 5.75 Å². The smallest absolute Gasteiger partial charge is 0.344 e. The molecule has 0 spiro atoms. The van der Waals surface area contributed by atoms with Gasteiger partial charge in [0.1, 0.15) is 11.6 Å². The first-order chi connectivity index (χ1) is 11.9. The third-order valence-electron chi connectivity index (χ3n) is 3.47. The van der Waals surface area contributed by atoms with Crippen LogP contribution in [0.1, 0.15) is 11.1 Å². The van der Waals surface area contributed by atoms with E-state index in [0.29, 0.717) is 5.75 Å². The van der Waals surface area contributed by atoms with E-state index in [4.69, 9.17) is 21.1 Å². The van der Waals surface area contributed by atoms with Crippen LogP contribution in [0.15, 0.2) is 36.4 Å². The third-order valence-corrected chi connectivity index (χ3v) is 3.78. The van der Waals surface area contributed by atoms with Crippen molar-refractivity contribution in [2.75, 3.05) is 18.5 Å². The fraction of sp³-hybridized carbons (Fsp3) is 0.222. The first kappa shape index (κ1) is 18.7. The Balaban J connectivity index is 1.79. The van der Waals surface area contributed by atoms with Gasteiger partial charge in [-0.3, -0.25) is 4.79 Å². The zero-order chi connectivity index (χ0) is 18.4. The van der Waals surface area contributed by atoms with E-state index in [1.807, 2.05) is 26.0 Å². The molecule has 0 radical (unpaired) electrons. The Morgan fingerprint density at radius 3 is 2.64 bits per heavy atom. The van der Waals surface area contributed by atoms with E-state index < -0.39 is 24.3 Å². The van der Waals surface area contributed by atoms with Crippen molar-refractivity contribution in [2.24, 2.45) is 0 Å². The maximum absolute atomic E-state index is 12.9. The molecule has 0 saturated carbocycles. The first-order valence-corrected chi connectivity index (χ1v) is 7.84. The van der Waals surface area contributed by atoms with Crippen LogP contribution in [0.4, 0.5) is 10.1 Å². The average molecular weight is 366 g/mol. The number of halogens is 2. The second-order valence-electron chi connectivity index (χ2n) is 5.32. The van der Waals surface area contributed by atoms with Crippen molar-refractivity contribution in [2.45, 2.75) is 13.8 Å². The molecule has 2 aromatic rings. The molecule has 7 heteroatoms. The largest absolute Gasteiger partial charge is 0.482 e. The Bertz CT molecular complexity index is 795. The lowest BCUT2D eigenvalue weighted by Gasteiger charge is -2.11. The molecule has 1 amide bonds. The molecule has 0 saturated heterocycles. The molecule has 0 aliphatic rings. The summed E-state index contributed by atoms with van der Waals surface area (Å²) in [6, 6.07) is 9.06. The van der Waals surface area contributed by atoms with Crippen LogP contribution >= 0.6 is 11.6 Å². The minimum Gasteiger partial charge on any atom is -0.482 e. The third kappa shape index (κ3) is 5.46. The molecule has 25 heavy (non-hydrogen) atoms. The van der Waals surface area contributed by atoms with Gasteiger partial charge in [0.2, 0.25) is 0 Å². The number of ether oxygens (including phenoxy) is 2. The maximum atomic E-state index is 12.9. The summed E-state index contributed by atoms with van der Waals surface area (Å²) in [6.45, 7) is 3.01. The van der Waals surface area contributed by atoms with Gasteiger partial charge >= 0.3 is 5.97 Å². The topological polar surface area (TPSA) is 64.6 Å². The van der Waals surface area contributed by atoms with Crippen LogP contribution in [-0.2, 0) is 14.3 Å². The lowest BCUT2D eigenvalue weighted by Crippen LogP contribution is -2.24. The van der Waals surface area contributed by atoms with Crippen LogP contribution < -0.4 is 10.1 Å². The molecular weight excluding hydrogens is 349 g/mol. The number of benzene rings is 2. The number of anilines is 1. The van der Waals surface area contributed by atoms with Crippen molar-refractivity contribution in [1.29, 1.82) is 0 Å². The van der Waals surface area contributed by atoms with Gasteiger partial charge in [-0.15, -0.1) is 0 Å². The fourth-order valence-corrected chi connectivity index (χ4v) is 2.20. The van der Waals surface area contributed by atoms with Crippen molar-refractivity contribution in [1.82, 2.24) is 0 Å². The van der Waals surface area contributed by atoms with Crippen molar-refractivity contribution in [3.63, 3.8) is 0 Å². The maximum Gasteiger partial charge on any atom is 0.344 e. The Hall–Kier alpha value is -2.60. The van der Waals surface area contributed by atoms with E-state index in [1.165, 1.54) is 6.07 Å². The summed E-state index contributed by atoms with van der Waals surface area (Å²) in [5.41, 5.74) is 2.20. The Morgan fingerprint density at radius 1 is 1.16 bits per heavy atom. The first-order valence-electron chi connectivity index (χ1n) is 7.46. The minimum atomic E-state index is -0.679. The quantitative estimate of drug-likeness (QED) is 0.793. The summed E-state index contributed by atoms with van der Waals surface area (Å²) in [5, 5.41) is 2.48. The number of rotatable bonds is 6. The molecule has 2 aromatic carbocycles. The van der Waals surface area contributed by atoms with E-state index in [1.54, 1.807) is 6.07 Å². The van der Waals surface area contributed by atoms with E-state index in [9.17, 15) is 14.0 Å². The number of aryl methyl sites for hydroxylation is 1. The number of nitrogens with one attached hydrogen (secondary N) is 1. The predicted molar refractivity (Wildman–Crippen MR) is 92.4 cm³/mol. The normalized spacial score (nSPS) is 10.2. The predicted octanol–water partition coefficient (Wildman–Crippen LogP) is 3.66. The summed E-state index contributed by atoms with van der Waals surface area (Å²) in [7, 11) is 0. The van der Waals surface area contributed by atoms with Gasteiger partial charge < -0.3 is 14.8 Å². The van der Waals surface area contributed by atoms with Crippen LogP contribution in [0.25, 0.3) is 0 Å². The summed E-state index contributed by atoms with van der Waals surface area (Å²) >= 11 is 5.80. The van der Waals surface area contributed by atoms with Crippen molar-refractivity contribution < 1.29 is 23.5 Å². The Morgan fingerprint density at radius 2 is 1.92 bits per heavy atom. The monoisotopic (exact) mass is 365 g/mol. The Kier molecular flexibility index (Phi) is 6.36. The van der Waals surface area contributed by atoms with E-state index >= 15 is 0 Å². The highest BCUT2D eigenvalue weighted by Gasteiger charge is 2.11. The number of hydrogen-bond donors (Lipinski definition) is 1. The molecular formula is C18H17ClFNO4. The van der Waals surface area contributed by atoms with Crippen LogP contribution in [0.5, 0.6) is 5.75 Å². The molecule has 0 atom stereocenters. The van der Waals surface area contributed by atoms with Gasteiger partial charge in [-0.2, -0.15) is 0 Å². The number of hydrogen-bond acceptors (Lipinski definition) is 4. The van der Waals surface area contributed by atoms with E-state index in [2.05, 4.69) is 5.32 Å². The molecule has 2 rings (SSSR count). The van der Waals surface area contributed by atoms with Gasteiger partial charge in [0.05, 0.1) is 10.7 Å². The molecule has 1 N–H and O–H groups in total. The number of carbonyl (C=O) groups is 2. The molecule has 0 bridgehead atoms. The summed E-state index contributed by atoms with van der Waals surface area (Å²) in [6.07, 6.45) is 0. The number of esters is 1. The van der Waals surface area contributed by atoms with E-state index in [-0.39, 0.29) is 17.3 Å². The number of amides is 1. The zero-order valence-electron chi connectivity index (χ0n) is 13.8. The molecule has 5 nitrogen and oxygen atoms in total. The second kappa shape index (κ2) is 8.48. The lowest BCUT2D eigenvalue weighted by atomic mass is 10.1. The van der Waals surface area contributed by atoms with Gasteiger partial charge in [-0.05, 0) is 49.2 Å².